The van der Waals surface area contributed by atoms with Gasteiger partial charge in [0.15, 0.2) is 0 Å². The van der Waals surface area contributed by atoms with Gasteiger partial charge in [-0.2, -0.15) is 0 Å². The fourth-order valence-corrected chi connectivity index (χ4v) is 3.91. The molecule has 4 heteroatoms. The van der Waals surface area contributed by atoms with E-state index < -0.39 is 0 Å². The third-order valence-corrected chi connectivity index (χ3v) is 4.94. The van der Waals surface area contributed by atoms with Crippen LogP contribution in [0.1, 0.15) is 23.6 Å². The highest BCUT2D eigenvalue weighted by molar-refractivity contribution is 5.43. The van der Waals surface area contributed by atoms with Crippen LogP contribution in [0.3, 0.4) is 0 Å². The van der Waals surface area contributed by atoms with E-state index in [1.807, 2.05) is 19.3 Å². The summed E-state index contributed by atoms with van der Waals surface area (Å²) in [5.74, 6) is 2.06. The number of hydrogen-bond acceptors (Lipinski definition) is 4. The molecule has 2 aromatic rings. The van der Waals surface area contributed by atoms with Gasteiger partial charge in [0, 0.05) is 37.2 Å². The maximum Gasteiger partial charge on any atom is 0.147 e. The van der Waals surface area contributed by atoms with E-state index in [-0.39, 0.29) is 0 Å². The van der Waals surface area contributed by atoms with Gasteiger partial charge in [0.05, 0.1) is 18.5 Å². The van der Waals surface area contributed by atoms with Gasteiger partial charge in [-0.3, -0.25) is 4.98 Å². The Morgan fingerprint density at radius 1 is 1.18 bits per heavy atom. The maximum atomic E-state index is 5.78. The highest BCUT2D eigenvalue weighted by Gasteiger charge is 2.44. The summed E-state index contributed by atoms with van der Waals surface area (Å²) in [5, 5.41) is 0. The van der Waals surface area contributed by atoms with E-state index in [1.165, 1.54) is 5.56 Å². The van der Waals surface area contributed by atoms with Gasteiger partial charge in [0.1, 0.15) is 5.82 Å². The van der Waals surface area contributed by atoms with Crippen molar-refractivity contribution in [3.05, 3.63) is 54.0 Å². The molecule has 0 saturated carbocycles. The van der Waals surface area contributed by atoms with E-state index in [0.29, 0.717) is 17.9 Å². The number of hydrogen-bond donors (Lipinski definition) is 0. The fraction of sp³-hybridized carbons (Fsp3) is 0.444. The molecular formula is C18H21N3O. The summed E-state index contributed by atoms with van der Waals surface area (Å²) < 4.78 is 5.78. The summed E-state index contributed by atoms with van der Waals surface area (Å²) in [5.41, 5.74) is 2.38. The third kappa shape index (κ3) is 2.37. The molecule has 114 valence electrons. The van der Waals surface area contributed by atoms with Crippen LogP contribution in [0, 0.1) is 12.8 Å². The summed E-state index contributed by atoms with van der Waals surface area (Å²) in [7, 11) is 0. The van der Waals surface area contributed by atoms with Gasteiger partial charge in [-0.05, 0) is 18.9 Å². The Balaban J connectivity index is 1.69. The first-order valence-electron chi connectivity index (χ1n) is 8.01. The molecular weight excluding hydrogens is 274 g/mol. The molecule has 2 aliphatic rings. The molecule has 0 radical (unpaired) electrons. The zero-order valence-electron chi connectivity index (χ0n) is 12.9. The Kier molecular flexibility index (Phi) is 3.54. The minimum Gasteiger partial charge on any atom is -0.381 e. The number of nitrogens with zero attached hydrogens (tertiary/aromatic N) is 3. The number of anilines is 1. The zero-order chi connectivity index (χ0) is 14.9. The van der Waals surface area contributed by atoms with Gasteiger partial charge >= 0.3 is 0 Å². The van der Waals surface area contributed by atoms with Gasteiger partial charge in [-0.15, -0.1) is 0 Å². The van der Waals surface area contributed by atoms with Crippen molar-refractivity contribution < 1.29 is 4.74 Å². The normalized spacial score (nSPS) is 27.7. The highest BCUT2D eigenvalue weighted by Crippen LogP contribution is 2.42. The van der Waals surface area contributed by atoms with Gasteiger partial charge in [0.2, 0.25) is 0 Å². The molecule has 2 saturated heterocycles. The second kappa shape index (κ2) is 5.69. The van der Waals surface area contributed by atoms with Crippen molar-refractivity contribution in [2.24, 2.45) is 5.92 Å². The minimum atomic E-state index is 0.508. The Morgan fingerprint density at radius 3 is 2.86 bits per heavy atom. The van der Waals surface area contributed by atoms with Crippen molar-refractivity contribution >= 4 is 5.82 Å². The van der Waals surface area contributed by atoms with E-state index in [4.69, 9.17) is 9.72 Å². The first-order chi connectivity index (χ1) is 10.8. The molecule has 2 aliphatic heterocycles. The van der Waals surface area contributed by atoms with Crippen LogP contribution in [0.4, 0.5) is 5.82 Å². The molecule has 2 fully saturated rings. The highest BCUT2D eigenvalue weighted by atomic mass is 16.5. The Bertz CT molecular complexity index is 646. The largest absolute Gasteiger partial charge is 0.381 e. The van der Waals surface area contributed by atoms with Crippen molar-refractivity contribution in [2.75, 3.05) is 24.7 Å². The number of benzene rings is 1. The van der Waals surface area contributed by atoms with E-state index in [2.05, 4.69) is 40.2 Å². The van der Waals surface area contributed by atoms with Crippen molar-refractivity contribution in [2.45, 2.75) is 25.3 Å². The summed E-state index contributed by atoms with van der Waals surface area (Å²) in [6.07, 6.45) is 4.78. The van der Waals surface area contributed by atoms with Crippen LogP contribution < -0.4 is 4.90 Å². The lowest BCUT2D eigenvalue weighted by Crippen LogP contribution is -2.39. The Labute approximate surface area is 131 Å². The molecule has 4 rings (SSSR count). The summed E-state index contributed by atoms with van der Waals surface area (Å²) >= 11 is 0. The van der Waals surface area contributed by atoms with Gasteiger partial charge in [0.25, 0.3) is 0 Å². The van der Waals surface area contributed by atoms with Crippen LogP contribution in [0.15, 0.2) is 42.7 Å². The lowest BCUT2D eigenvalue weighted by molar-refractivity contribution is 0.0461. The summed E-state index contributed by atoms with van der Waals surface area (Å²) in [6, 6.07) is 11.3. The second-order valence-corrected chi connectivity index (χ2v) is 6.28. The molecule has 0 bridgehead atoms. The van der Waals surface area contributed by atoms with Crippen molar-refractivity contribution in [3.63, 3.8) is 0 Å². The van der Waals surface area contributed by atoms with E-state index in [1.54, 1.807) is 0 Å². The predicted molar refractivity (Wildman–Crippen MR) is 86.0 cm³/mol. The van der Waals surface area contributed by atoms with Crippen LogP contribution in [0.2, 0.25) is 0 Å². The monoisotopic (exact) mass is 295 g/mol. The zero-order valence-corrected chi connectivity index (χ0v) is 12.9. The lowest BCUT2D eigenvalue weighted by atomic mass is 9.84. The molecule has 4 nitrogen and oxygen atoms in total. The minimum absolute atomic E-state index is 0.508. The lowest BCUT2D eigenvalue weighted by Gasteiger charge is -2.32. The van der Waals surface area contributed by atoms with E-state index >= 15 is 0 Å². The molecule has 1 aromatic heterocycles. The van der Waals surface area contributed by atoms with Crippen molar-refractivity contribution in [1.29, 1.82) is 0 Å². The van der Waals surface area contributed by atoms with Crippen LogP contribution in [0.5, 0.6) is 0 Å². The Hall–Kier alpha value is -1.94. The maximum absolute atomic E-state index is 5.78. The van der Waals surface area contributed by atoms with Crippen LogP contribution in [0.25, 0.3) is 0 Å². The molecule has 1 aromatic carbocycles. The molecule has 3 heterocycles. The van der Waals surface area contributed by atoms with Crippen LogP contribution in [-0.2, 0) is 4.74 Å². The third-order valence-electron chi connectivity index (χ3n) is 4.94. The second-order valence-electron chi connectivity index (χ2n) is 6.28. The van der Waals surface area contributed by atoms with Crippen molar-refractivity contribution in [3.8, 4) is 0 Å². The average molecular weight is 295 g/mol. The first kappa shape index (κ1) is 13.7. The first-order valence-corrected chi connectivity index (χ1v) is 8.01. The smallest absolute Gasteiger partial charge is 0.147 e. The molecule has 0 aliphatic carbocycles. The number of fused-ring (bicyclic) bond motifs is 1. The summed E-state index contributed by atoms with van der Waals surface area (Å²) in [6.45, 7) is 4.70. The number of rotatable bonds is 2. The van der Waals surface area contributed by atoms with E-state index in [0.717, 1.165) is 37.7 Å². The van der Waals surface area contributed by atoms with Gasteiger partial charge in [-0.25, -0.2) is 4.98 Å². The van der Waals surface area contributed by atoms with E-state index in [9.17, 15) is 0 Å². The molecule has 0 amide bonds. The molecule has 22 heavy (non-hydrogen) atoms. The Morgan fingerprint density at radius 2 is 2.05 bits per heavy atom. The number of aryl methyl sites for hydroxylation is 1. The van der Waals surface area contributed by atoms with Gasteiger partial charge in [-0.1, -0.05) is 30.3 Å². The molecule has 0 spiro atoms. The van der Waals surface area contributed by atoms with Crippen LogP contribution in [-0.4, -0.2) is 35.8 Å². The number of ether oxygens (including phenoxy) is 1. The van der Waals surface area contributed by atoms with Crippen LogP contribution >= 0.6 is 0 Å². The van der Waals surface area contributed by atoms with Gasteiger partial charge < -0.3 is 9.64 Å². The molecule has 3 unspecified atom stereocenters. The fourth-order valence-electron chi connectivity index (χ4n) is 3.91. The quantitative estimate of drug-likeness (QED) is 0.854. The molecule has 3 atom stereocenters. The van der Waals surface area contributed by atoms with Crippen molar-refractivity contribution in [1.82, 2.24) is 9.97 Å². The number of aromatic nitrogens is 2. The molecule has 0 N–H and O–H groups in total. The SMILES string of the molecule is Cc1cncc(N2CC(c3ccccc3)C3COCCC32)n1. The topological polar surface area (TPSA) is 38.2 Å². The summed E-state index contributed by atoms with van der Waals surface area (Å²) in [4.78, 5) is 11.5. The standard InChI is InChI=1S/C18H21N3O/c1-13-9-19-10-18(20-13)21-11-15(14-5-3-2-4-6-14)16-12-22-8-7-17(16)21/h2-6,9-10,15-17H,7-8,11-12H2,1H3. The average Bonchev–Trinajstić information content (AvgIpc) is 2.95. The predicted octanol–water partition coefficient (Wildman–Crippen LogP) is 2.79.